The fraction of sp³-hybridized carbons (Fsp3) is 0.750. The van der Waals surface area contributed by atoms with Crippen molar-refractivity contribution in [3.05, 3.63) is 12.0 Å². The molecule has 7 nitrogen and oxygen atoms in total. The van der Waals surface area contributed by atoms with E-state index in [1.54, 1.807) is 24.7 Å². The van der Waals surface area contributed by atoms with E-state index in [-0.39, 0.29) is 5.03 Å². The van der Waals surface area contributed by atoms with Gasteiger partial charge in [0, 0.05) is 39.4 Å². The van der Waals surface area contributed by atoms with E-state index in [1.165, 1.54) is 4.31 Å². The van der Waals surface area contributed by atoms with Crippen molar-refractivity contribution >= 4 is 10.0 Å². The van der Waals surface area contributed by atoms with Crippen LogP contribution in [0.4, 0.5) is 0 Å². The first-order chi connectivity index (χ1) is 9.45. The maximum absolute atomic E-state index is 12.5. The van der Waals surface area contributed by atoms with Crippen LogP contribution in [0.2, 0.25) is 0 Å². The number of piperazine rings is 1. The van der Waals surface area contributed by atoms with Crippen LogP contribution in [-0.4, -0.2) is 66.4 Å². The molecule has 2 N–H and O–H groups in total. The Morgan fingerprint density at radius 2 is 1.95 bits per heavy atom. The predicted molar refractivity (Wildman–Crippen MR) is 76.8 cm³/mol. The number of aryl methyl sites for hydroxylation is 2. The van der Waals surface area contributed by atoms with Gasteiger partial charge in [0.2, 0.25) is 0 Å². The lowest BCUT2D eigenvalue weighted by molar-refractivity contribution is 0.187. The van der Waals surface area contributed by atoms with Gasteiger partial charge in [0.25, 0.3) is 10.0 Å². The highest BCUT2D eigenvalue weighted by molar-refractivity contribution is 7.89. The average Bonchev–Trinajstić information content (AvgIpc) is 2.77. The van der Waals surface area contributed by atoms with Crippen molar-refractivity contribution in [3.63, 3.8) is 0 Å². The Morgan fingerprint density at radius 1 is 1.30 bits per heavy atom. The van der Waals surface area contributed by atoms with Gasteiger partial charge >= 0.3 is 0 Å². The molecule has 1 fully saturated rings. The highest BCUT2D eigenvalue weighted by atomic mass is 32.2. The Balaban J connectivity index is 2.02. The van der Waals surface area contributed by atoms with Crippen LogP contribution in [0, 0.1) is 6.92 Å². The zero-order valence-electron chi connectivity index (χ0n) is 12.1. The number of hydrogen-bond donors (Lipinski definition) is 1. The van der Waals surface area contributed by atoms with E-state index in [2.05, 4.69) is 9.88 Å². The van der Waals surface area contributed by atoms with Crippen LogP contribution in [0.15, 0.2) is 11.2 Å². The maximum Gasteiger partial charge on any atom is 0.262 e. The van der Waals surface area contributed by atoms with E-state index in [4.69, 9.17) is 5.73 Å². The Labute approximate surface area is 120 Å². The molecule has 0 radical (unpaired) electrons. The van der Waals surface area contributed by atoms with Crippen LogP contribution in [0.3, 0.4) is 0 Å². The summed E-state index contributed by atoms with van der Waals surface area (Å²) in [6, 6.07) is 0. The second-order valence-corrected chi connectivity index (χ2v) is 7.01. The number of hydrogen-bond acceptors (Lipinski definition) is 5. The van der Waals surface area contributed by atoms with E-state index in [9.17, 15) is 8.42 Å². The van der Waals surface area contributed by atoms with Crippen molar-refractivity contribution in [1.82, 2.24) is 18.8 Å². The van der Waals surface area contributed by atoms with Gasteiger partial charge in [-0.15, -0.1) is 0 Å². The molecule has 2 heterocycles. The molecule has 0 atom stereocenters. The van der Waals surface area contributed by atoms with E-state index in [1.807, 2.05) is 0 Å². The molecule has 0 amide bonds. The summed E-state index contributed by atoms with van der Waals surface area (Å²) in [5, 5.41) is 0.146. The van der Waals surface area contributed by atoms with Crippen LogP contribution in [-0.2, 0) is 17.1 Å². The van der Waals surface area contributed by atoms with E-state index < -0.39 is 10.0 Å². The van der Waals surface area contributed by atoms with Gasteiger partial charge in [-0.3, -0.25) is 0 Å². The monoisotopic (exact) mass is 301 g/mol. The topological polar surface area (TPSA) is 84.5 Å². The molecule has 0 saturated carbocycles. The summed E-state index contributed by atoms with van der Waals surface area (Å²) in [6.45, 7) is 5.95. The molecular weight excluding hydrogens is 278 g/mol. The second-order valence-electron chi connectivity index (χ2n) is 5.13. The van der Waals surface area contributed by atoms with Gasteiger partial charge in [-0.2, -0.15) is 4.31 Å². The van der Waals surface area contributed by atoms with E-state index in [0.29, 0.717) is 25.5 Å². The minimum absolute atomic E-state index is 0.146. The molecule has 1 aliphatic rings. The zero-order valence-corrected chi connectivity index (χ0v) is 12.9. The quantitative estimate of drug-likeness (QED) is 0.784. The van der Waals surface area contributed by atoms with Crippen LogP contribution >= 0.6 is 0 Å². The SMILES string of the molecule is Cc1nc(S(=O)(=O)N2CCN(CCCN)CC2)cn1C. The fourth-order valence-electron chi connectivity index (χ4n) is 2.29. The van der Waals surface area contributed by atoms with Crippen molar-refractivity contribution in [2.75, 3.05) is 39.3 Å². The normalized spacial score (nSPS) is 18.6. The smallest absolute Gasteiger partial charge is 0.262 e. The van der Waals surface area contributed by atoms with Crippen LogP contribution < -0.4 is 5.73 Å². The minimum atomic E-state index is -3.46. The summed E-state index contributed by atoms with van der Waals surface area (Å²) in [5.74, 6) is 0.699. The molecule has 1 saturated heterocycles. The number of imidazole rings is 1. The highest BCUT2D eigenvalue weighted by Crippen LogP contribution is 2.16. The van der Waals surface area contributed by atoms with Gasteiger partial charge in [-0.25, -0.2) is 13.4 Å². The summed E-state index contributed by atoms with van der Waals surface area (Å²) in [5.41, 5.74) is 5.49. The number of nitrogens with zero attached hydrogens (tertiary/aromatic N) is 4. The molecule has 0 unspecified atom stereocenters. The summed E-state index contributed by atoms with van der Waals surface area (Å²) in [4.78, 5) is 6.38. The summed E-state index contributed by atoms with van der Waals surface area (Å²) < 4.78 is 28.2. The van der Waals surface area contributed by atoms with Crippen LogP contribution in [0.25, 0.3) is 0 Å². The van der Waals surface area contributed by atoms with Crippen molar-refractivity contribution < 1.29 is 8.42 Å². The number of rotatable bonds is 5. The van der Waals surface area contributed by atoms with Gasteiger partial charge in [0.15, 0.2) is 5.03 Å². The van der Waals surface area contributed by atoms with Crippen molar-refractivity contribution in [2.45, 2.75) is 18.4 Å². The van der Waals surface area contributed by atoms with E-state index in [0.717, 1.165) is 26.1 Å². The molecule has 8 heteroatoms. The summed E-state index contributed by atoms with van der Waals surface area (Å²) in [7, 11) is -1.66. The average molecular weight is 301 g/mol. The fourth-order valence-corrected chi connectivity index (χ4v) is 3.74. The maximum atomic E-state index is 12.5. The molecule has 0 aromatic carbocycles. The van der Waals surface area contributed by atoms with Gasteiger partial charge in [0.05, 0.1) is 0 Å². The highest BCUT2D eigenvalue weighted by Gasteiger charge is 2.30. The molecular formula is C12H23N5O2S. The Bertz CT molecular complexity index is 527. The van der Waals surface area contributed by atoms with Gasteiger partial charge < -0.3 is 15.2 Å². The van der Waals surface area contributed by atoms with Crippen LogP contribution in [0.1, 0.15) is 12.2 Å². The first-order valence-corrected chi connectivity index (χ1v) is 8.31. The standard InChI is InChI=1S/C12H23N5O2S/c1-11-14-12(10-15(11)2)20(18,19)17-8-6-16(7-9-17)5-3-4-13/h10H,3-9,13H2,1-2H3. The summed E-state index contributed by atoms with van der Waals surface area (Å²) in [6.07, 6.45) is 2.53. The van der Waals surface area contributed by atoms with Crippen molar-refractivity contribution in [1.29, 1.82) is 0 Å². The predicted octanol–water partition coefficient (Wildman–Crippen LogP) is -0.616. The largest absolute Gasteiger partial charge is 0.337 e. The summed E-state index contributed by atoms with van der Waals surface area (Å²) >= 11 is 0. The van der Waals surface area contributed by atoms with Crippen molar-refractivity contribution in [3.8, 4) is 0 Å². The number of aromatic nitrogens is 2. The molecule has 1 aliphatic heterocycles. The van der Waals surface area contributed by atoms with Crippen molar-refractivity contribution in [2.24, 2.45) is 12.8 Å². The Morgan fingerprint density at radius 3 is 2.45 bits per heavy atom. The Hall–Kier alpha value is -0.960. The molecule has 114 valence electrons. The number of sulfonamides is 1. The van der Waals surface area contributed by atoms with Gasteiger partial charge in [-0.05, 0) is 26.4 Å². The van der Waals surface area contributed by atoms with Crippen LogP contribution in [0.5, 0.6) is 0 Å². The first kappa shape index (κ1) is 15.4. The lowest BCUT2D eigenvalue weighted by atomic mass is 10.3. The third-order valence-corrected chi connectivity index (χ3v) is 5.47. The molecule has 20 heavy (non-hydrogen) atoms. The molecule has 1 aromatic rings. The molecule has 2 rings (SSSR count). The van der Waals surface area contributed by atoms with E-state index >= 15 is 0 Å². The third kappa shape index (κ3) is 3.20. The zero-order chi connectivity index (χ0) is 14.8. The molecule has 0 aliphatic carbocycles. The molecule has 0 spiro atoms. The van der Waals surface area contributed by atoms with Gasteiger partial charge in [0.1, 0.15) is 5.82 Å². The molecule has 1 aromatic heterocycles. The lowest BCUT2D eigenvalue weighted by Gasteiger charge is -2.33. The third-order valence-electron chi connectivity index (χ3n) is 3.70. The minimum Gasteiger partial charge on any atom is -0.337 e. The van der Waals surface area contributed by atoms with Gasteiger partial charge in [-0.1, -0.05) is 0 Å². The lowest BCUT2D eigenvalue weighted by Crippen LogP contribution is -2.49. The molecule has 0 bridgehead atoms. The number of nitrogens with two attached hydrogens (primary N) is 1. The Kier molecular flexibility index (Phi) is 4.79. The second kappa shape index (κ2) is 6.21. The first-order valence-electron chi connectivity index (χ1n) is 6.87.